The maximum Gasteiger partial charge on any atom is 0.405 e. The summed E-state index contributed by atoms with van der Waals surface area (Å²) in [4.78, 5) is 7.84. The number of nitrogens with one attached hydrogen (secondary N) is 1. The number of alkyl halides is 3. The Hall–Kier alpha value is -1.53. The summed E-state index contributed by atoms with van der Waals surface area (Å²) in [6.45, 7) is 0.796. The minimum atomic E-state index is -4.27. The first-order valence-corrected chi connectivity index (χ1v) is 4.85. The van der Waals surface area contributed by atoms with Crippen LogP contribution in [0.25, 0.3) is 0 Å². The Kier molecular flexibility index (Phi) is 3.92. The molecule has 0 aliphatic rings. The second-order valence-electron chi connectivity index (χ2n) is 3.31. The Balaban J connectivity index is 2.72. The van der Waals surface area contributed by atoms with Gasteiger partial charge in [0.1, 0.15) is 24.0 Å². The van der Waals surface area contributed by atoms with Crippen LogP contribution in [0, 0.1) is 0 Å². The quantitative estimate of drug-likeness (QED) is 0.836. The topological polar surface area (TPSA) is 63.8 Å². The van der Waals surface area contributed by atoms with Crippen LogP contribution in [-0.4, -0.2) is 22.7 Å². The number of hydrogen-bond acceptors (Lipinski definition) is 4. The zero-order valence-electron chi connectivity index (χ0n) is 8.80. The maximum atomic E-state index is 12.0. The largest absolute Gasteiger partial charge is 0.405 e. The molecule has 0 radical (unpaired) electrons. The molecule has 0 spiro atoms. The summed E-state index contributed by atoms with van der Waals surface area (Å²) in [6.07, 6.45) is -2.88. The highest BCUT2D eigenvalue weighted by Gasteiger charge is 2.26. The van der Waals surface area contributed by atoms with Gasteiger partial charge in [0, 0.05) is 12.5 Å². The van der Waals surface area contributed by atoms with E-state index in [1.54, 1.807) is 0 Å². The molecule has 1 aromatic rings. The Labute approximate surface area is 91.1 Å². The van der Waals surface area contributed by atoms with Crippen molar-refractivity contribution in [3.05, 3.63) is 11.9 Å². The normalized spacial score (nSPS) is 11.5. The van der Waals surface area contributed by atoms with E-state index in [2.05, 4.69) is 15.3 Å². The fourth-order valence-electron chi connectivity index (χ4n) is 1.13. The lowest BCUT2D eigenvalue weighted by Gasteiger charge is -2.10. The van der Waals surface area contributed by atoms with Gasteiger partial charge in [-0.1, -0.05) is 6.92 Å². The molecule has 1 aromatic heterocycles. The number of anilines is 2. The molecule has 1 heterocycles. The second kappa shape index (κ2) is 5.00. The minimum Gasteiger partial charge on any atom is -0.384 e. The van der Waals surface area contributed by atoms with Crippen molar-refractivity contribution in [3.8, 4) is 0 Å². The van der Waals surface area contributed by atoms with Crippen molar-refractivity contribution in [3.63, 3.8) is 0 Å². The highest BCUT2D eigenvalue weighted by molar-refractivity contribution is 5.44. The number of nitrogens with two attached hydrogens (primary N) is 1. The highest BCUT2D eigenvalue weighted by atomic mass is 19.4. The van der Waals surface area contributed by atoms with Crippen LogP contribution in [0.3, 0.4) is 0 Å². The predicted molar refractivity (Wildman–Crippen MR) is 55.0 cm³/mol. The van der Waals surface area contributed by atoms with Gasteiger partial charge in [-0.25, -0.2) is 9.97 Å². The van der Waals surface area contributed by atoms with Gasteiger partial charge in [0.2, 0.25) is 0 Å². The summed E-state index contributed by atoms with van der Waals surface area (Å²) >= 11 is 0. The lowest BCUT2D eigenvalue weighted by atomic mass is 10.3. The number of rotatable bonds is 4. The lowest BCUT2D eigenvalue weighted by molar-refractivity contribution is -0.115. The first-order valence-electron chi connectivity index (χ1n) is 4.85. The van der Waals surface area contributed by atoms with Crippen LogP contribution < -0.4 is 11.1 Å². The number of aryl methyl sites for hydroxylation is 1. The van der Waals surface area contributed by atoms with Crippen LogP contribution in [-0.2, 0) is 6.42 Å². The van der Waals surface area contributed by atoms with Crippen LogP contribution in [0.2, 0.25) is 0 Å². The van der Waals surface area contributed by atoms with Gasteiger partial charge in [0.25, 0.3) is 0 Å². The Morgan fingerprint density at radius 3 is 2.62 bits per heavy atom. The second-order valence-corrected chi connectivity index (χ2v) is 3.31. The summed E-state index contributed by atoms with van der Waals surface area (Å²) in [7, 11) is 0. The molecule has 3 N–H and O–H groups in total. The minimum absolute atomic E-state index is 0.105. The standard InChI is InChI=1S/C9H13F3N4/c1-2-3-7-15-6(13)4-8(16-7)14-5-9(10,11)12/h4H,2-3,5H2,1H3,(H3,13,14,15,16). The summed E-state index contributed by atoms with van der Waals surface area (Å²) in [5.74, 6) is 0.726. The number of nitrogen functional groups attached to an aromatic ring is 1. The van der Waals surface area contributed by atoms with E-state index in [1.807, 2.05) is 6.92 Å². The molecule has 0 amide bonds. The molecule has 1 rings (SSSR count). The van der Waals surface area contributed by atoms with Crippen molar-refractivity contribution in [2.45, 2.75) is 25.9 Å². The molecule has 0 atom stereocenters. The predicted octanol–water partition coefficient (Wildman–Crippen LogP) is 1.99. The molecule has 0 saturated heterocycles. The molecular weight excluding hydrogens is 221 g/mol. The van der Waals surface area contributed by atoms with E-state index in [9.17, 15) is 13.2 Å². The average molecular weight is 234 g/mol. The highest BCUT2D eigenvalue weighted by Crippen LogP contribution is 2.16. The Morgan fingerprint density at radius 2 is 2.06 bits per heavy atom. The van der Waals surface area contributed by atoms with Gasteiger partial charge in [0.15, 0.2) is 0 Å². The van der Waals surface area contributed by atoms with Crippen molar-refractivity contribution in [2.24, 2.45) is 0 Å². The molecule has 0 aromatic carbocycles. The summed E-state index contributed by atoms with van der Waals surface area (Å²) in [6, 6.07) is 1.28. The van der Waals surface area contributed by atoms with Crippen molar-refractivity contribution in [1.82, 2.24) is 9.97 Å². The average Bonchev–Trinajstić information content (AvgIpc) is 2.13. The third kappa shape index (κ3) is 4.33. The van der Waals surface area contributed by atoms with Crippen molar-refractivity contribution < 1.29 is 13.2 Å². The molecule has 0 fully saturated rings. The maximum absolute atomic E-state index is 12.0. The lowest BCUT2D eigenvalue weighted by Crippen LogP contribution is -2.22. The monoisotopic (exact) mass is 234 g/mol. The third-order valence-electron chi connectivity index (χ3n) is 1.74. The molecule has 7 heteroatoms. The molecule has 4 nitrogen and oxygen atoms in total. The number of halogens is 3. The van der Waals surface area contributed by atoms with Gasteiger partial charge in [-0.3, -0.25) is 0 Å². The van der Waals surface area contributed by atoms with Gasteiger partial charge in [-0.05, 0) is 6.42 Å². The van der Waals surface area contributed by atoms with E-state index in [0.29, 0.717) is 12.2 Å². The third-order valence-corrected chi connectivity index (χ3v) is 1.74. The molecule has 0 aliphatic heterocycles. The van der Waals surface area contributed by atoms with Crippen LogP contribution in [0.1, 0.15) is 19.2 Å². The Bertz CT molecular complexity index is 351. The smallest absolute Gasteiger partial charge is 0.384 e. The van der Waals surface area contributed by atoms with Crippen LogP contribution in [0.15, 0.2) is 6.07 Å². The SMILES string of the molecule is CCCc1nc(N)cc(NCC(F)(F)F)n1. The van der Waals surface area contributed by atoms with Crippen molar-refractivity contribution >= 4 is 11.6 Å². The van der Waals surface area contributed by atoms with E-state index in [-0.39, 0.29) is 11.6 Å². The summed E-state index contributed by atoms with van der Waals surface area (Å²) < 4.78 is 35.9. The zero-order chi connectivity index (χ0) is 12.2. The molecular formula is C9H13F3N4. The van der Waals surface area contributed by atoms with E-state index < -0.39 is 12.7 Å². The van der Waals surface area contributed by atoms with Gasteiger partial charge in [-0.2, -0.15) is 13.2 Å². The number of hydrogen-bond donors (Lipinski definition) is 2. The fraction of sp³-hybridized carbons (Fsp3) is 0.556. The number of nitrogens with zero attached hydrogens (tertiary/aromatic N) is 2. The van der Waals surface area contributed by atoms with Gasteiger partial charge >= 0.3 is 6.18 Å². The van der Waals surface area contributed by atoms with E-state index >= 15 is 0 Å². The van der Waals surface area contributed by atoms with Gasteiger partial charge < -0.3 is 11.1 Å². The van der Waals surface area contributed by atoms with Crippen LogP contribution in [0.5, 0.6) is 0 Å². The van der Waals surface area contributed by atoms with Crippen molar-refractivity contribution in [2.75, 3.05) is 17.6 Å². The van der Waals surface area contributed by atoms with Crippen LogP contribution >= 0.6 is 0 Å². The number of aromatic nitrogens is 2. The van der Waals surface area contributed by atoms with Gasteiger partial charge in [-0.15, -0.1) is 0 Å². The molecule has 0 aliphatic carbocycles. The van der Waals surface area contributed by atoms with Crippen molar-refractivity contribution in [1.29, 1.82) is 0 Å². The van der Waals surface area contributed by atoms with E-state index in [0.717, 1.165) is 6.42 Å². The zero-order valence-corrected chi connectivity index (χ0v) is 8.80. The molecule has 16 heavy (non-hydrogen) atoms. The van der Waals surface area contributed by atoms with E-state index in [1.165, 1.54) is 6.07 Å². The fourth-order valence-corrected chi connectivity index (χ4v) is 1.13. The Morgan fingerprint density at radius 1 is 1.38 bits per heavy atom. The molecule has 0 bridgehead atoms. The van der Waals surface area contributed by atoms with E-state index in [4.69, 9.17) is 5.73 Å². The molecule has 90 valence electrons. The molecule has 0 unspecified atom stereocenters. The summed E-state index contributed by atoms with van der Waals surface area (Å²) in [5, 5.41) is 2.17. The van der Waals surface area contributed by atoms with Crippen LogP contribution in [0.4, 0.5) is 24.8 Å². The summed E-state index contributed by atoms with van der Waals surface area (Å²) in [5.41, 5.74) is 5.46. The molecule has 0 saturated carbocycles. The first-order chi connectivity index (χ1) is 7.40. The first kappa shape index (κ1) is 12.5. The van der Waals surface area contributed by atoms with Gasteiger partial charge in [0.05, 0.1) is 0 Å².